The van der Waals surface area contributed by atoms with E-state index in [9.17, 15) is 0 Å². The lowest BCUT2D eigenvalue weighted by Gasteiger charge is -2.16. The van der Waals surface area contributed by atoms with E-state index in [0.717, 1.165) is 25.7 Å². The van der Waals surface area contributed by atoms with Gasteiger partial charge >= 0.3 is 0 Å². The summed E-state index contributed by atoms with van der Waals surface area (Å²) in [5.41, 5.74) is 0. The fourth-order valence-electron chi connectivity index (χ4n) is 1.72. The minimum atomic E-state index is 0.848. The van der Waals surface area contributed by atoms with Gasteiger partial charge in [0, 0.05) is 13.2 Å². The average molecular weight is 201 g/mol. The maximum absolute atomic E-state index is 5.35. The maximum atomic E-state index is 5.35. The predicted octanol–water partition coefficient (Wildman–Crippen LogP) is 2.83. The molecule has 0 saturated heterocycles. The third-order valence-corrected chi connectivity index (χ3v) is 2.49. The smallest absolute Gasteiger partial charge is 0.0466 e. The van der Waals surface area contributed by atoms with Crippen LogP contribution in [0.15, 0.2) is 0 Å². The predicted molar refractivity (Wildman–Crippen MR) is 62.7 cm³/mol. The van der Waals surface area contributed by atoms with Crippen LogP contribution in [-0.4, -0.2) is 26.3 Å². The number of hydrogen-bond donors (Lipinski definition) is 1. The van der Waals surface area contributed by atoms with Gasteiger partial charge in [0.1, 0.15) is 0 Å². The van der Waals surface area contributed by atoms with Crippen LogP contribution in [0.1, 0.15) is 46.5 Å². The molecule has 2 heteroatoms. The highest BCUT2D eigenvalue weighted by molar-refractivity contribution is 4.61. The van der Waals surface area contributed by atoms with E-state index in [1.165, 1.54) is 32.2 Å². The Morgan fingerprint density at radius 3 is 2.50 bits per heavy atom. The molecule has 0 aromatic heterocycles. The number of ether oxygens (including phenoxy) is 1. The van der Waals surface area contributed by atoms with Crippen molar-refractivity contribution in [1.82, 2.24) is 5.32 Å². The zero-order valence-electron chi connectivity index (χ0n) is 10.1. The molecule has 0 aliphatic rings. The number of hydrogen-bond acceptors (Lipinski definition) is 2. The standard InChI is InChI=1S/C12H27NO/c1-4-8-12(11-13-5-2)9-7-10-14-6-3/h12-13H,4-11H2,1-3H3. The van der Waals surface area contributed by atoms with E-state index in [1.54, 1.807) is 0 Å². The minimum Gasteiger partial charge on any atom is -0.382 e. The molecule has 2 nitrogen and oxygen atoms in total. The average Bonchev–Trinajstić information content (AvgIpc) is 2.20. The van der Waals surface area contributed by atoms with Crippen LogP contribution in [0.25, 0.3) is 0 Å². The summed E-state index contributed by atoms with van der Waals surface area (Å²) >= 11 is 0. The van der Waals surface area contributed by atoms with Gasteiger partial charge in [0.2, 0.25) is 0 Å². The Labute approximate surface area is 89.4 Å². The van der Waals surface area contributed by atoms with Gasteiger partial charge in [0.05, 0.1) is 0 Å². The Balaban J connectivity index is 3.40. The molecule has 86 valence electrons. The molecule has 1 atom stereocenters. The van der Waals surface area contributed by atoms with Gasteiger partial charge in [-0.25, -0.2) is 0 Å². The fraction of sp³-hybridized carbons (Fsp3) is 1.00. The van der Waals surface area contributed by atoms with E-state index in [4.69, 9.17) is 4.74 Å². The summed E-state index contributed by atoms with van der Waals surface area (Å²) in [4.78, 5) is 0. The first-order valence-electron chi connectivity index (χ1n) is 6.13. The third kappa shape index (κ3) is 8.52. The molecular formula is C12H27NO. The normalized spacial score (nSPS) is 13.1. The van der Waals surface area contributed by atoms with Crippen molar-refractivity contribution < 1.29 is 4.74 Å². The molecule has 0 heterocycles. The highest BCUT2D eigenvalue weighted by Gasteiger charge is 2.06. The summed E-state index contributed by atoms with van der Waals surface area (Å²) in [6.07, 6.45) is 5.16. The molecule has 0 bridgehead atoms. The van der Waals surface area contributed by atoms with Gasteiger partial charge in [-0.3, -0.25) is 0 Å². The van der Waals surface area contributed by atoms with Crippen LogP contribution in [0.3, 0.4) is 0 Å². The summed E-state index contributed by atoms with van der Waals surface area (Å²) in [5, 5.41) is 3.43. The van der Waals surface area contributed by atoms with Gasteiger partial charge in [-0.1, -0.05) is 20.3 Å². The van der Waals surface area contributed by atoms with Gasteiger partial charge in [-0.2, -0.15) is 0 Å². The van der Waals surface area contributed by atoms with E-state index in [1.807, 2.05) is 0 Å². The zero-order valence-corrected chi connectivity index (χ0v) is 10.1. The molecule has 0 aliphatic heterocycles. The SMILES string of the molecule is CCCC(CCCOCC)CNCC. The topological polar surface area (TPSA) is 21.3 Å². The Morgan fingerprint density at radius 2 is 1.93 bits per heavy atom. The molecular weight excluding hydrogens is 174 g/mol. The molecule has 0 radical (unpaired) electrons. The molecule has 0 aromatic carbocycles. The molecule has 14 heavy (non-hydrogen) atoms. The molecule has 0 aliphatic carbocycles. The summed E-state index contributed by atoms with van der Waals surface area (Å²) in [5.74, 6) is 0.848. The zero-order chi connectivity index (χ0) is 10.6. The van der Waals surface area contributed by atoms with E-state index in [-0.39, 0.29) is 0 Å². The highest BCUT2D eigenvalue weighted by Crippen LogP contribution is 2.12. The van der Waals surface area contributed by atoms with Crippen molar-refractivity contribution in [2.45, 2.75) is 46.5 Å². The third-order valence-electron chi connectivity index (χ3n) is 2.49. The second-order valence-corrected chi connectivity index (χ2v) is 3.80. The number of nitrogens with one attached hydrogen (secondary N) is 1. The van der Waals surface area contributed by atoms with Crippen molar-refractivity contribution in [1.29, 1.82) is 0 Å². The second kappa shape index (κ2) is 11.0. The molecule has 0 fully saturated rings. The van der Waals surface area contributed by atoms with Crippen molar-refractivity contribution in [2.75, 3.05) is 26.3 Å². The van der Waals surface area contributed by atoms with Gasteiger partial charge in [0.15, 0.2) is 0 Å². The van der Waals surface area contributed by atoms with Crippen LogP contribution in [0.4, 0.5) is 0 Å². The molecule has 0 amide bonds. The quantitative estimate of drug-likeness (QED) is 0.549. The first kappa shape index (κ1) is 13.9. The summed E-state index contributed by atoms with van der Waals surface area (Å²) in [6.45, 7) is 10.5. The van der Waals surface area contributed by atoms with Crippen molar-refractivity contribution in [3.8, 4) is 0 Å². The first-order chi connectivity index (χ1) is 6.85. The lowest BCUT2D eigenvalue weighted by Crippen LogP contribution is -2.22. The highest BCUT2D eigenvalue weighted by atomic mass is 16.5. The Morgan fingerprint density at radius 1 is 1.14 bits per heavy atom. The molecule has 0 spiro atoms. The van der Waals surface area contributed by atoms with Crippen LogP contribution in [-0.2, 0) is 4.74 Å². The summed E-state index contributed by atoms with van der Waals surface area (Å²) in [7, 11) is 0. The van der Waals surface area contributed by atoms with E-state index in [2.05, 4.69) is 26.1 Å². The summed E-state index contributed by atoms with van der Waals surface area (Å²) in [6, 6.07) is 0. The maximum Gasteiger partial charge on any atom is 0.0466 e. The van der Waals surface area contributed by atoms with Crippen LogP contribution in [0, 0.1) is 5.92 Å². The monoisotopic (exact) mass is 201 g/mol. The van der Waals surface area contributed by atoms with E-state index >= 15 is 0 Å². The Kier molecular flexibility index (Phi) is 10.9. The second-order valence-electron chi connectivity index (χ2n) is 3.80. The van der Waals surface area contributed by atoms with Crippen molar-refractivity contribution >= 4 is 0 Å². The number of rotatable bonds is 10. The van der Waals surface area contributed by atoms with Gasteiger partial charge in [-0.15, -0.1) is 0 Å². The minimum absolute atomic E-state index is 0.848. The fourth-order valence-corrected chi connectivity index (χ4v) is 1.72. The Bertz CT molecular complexity index is 106. The van der Waals surface area contributed by atoms with Gasteiger partial charge in [0.25, 0.3) is 0 Å². The lowest BCUT2D eigenvalue weighted by atomic mass is 9.98. The van der Waals surface area contributed by atoms with Crippen molar-refractivity contribution in [2.24, 2.45) is 5.92 Å². The largest absolute Gasteiger partial charge is 0.382 e. The van der Waals surface area contributed by atoms with Crippen molar-refractivity contribution in [3.63, 3.8) is 0 Å². The van der Waals surface area contributed by atoms with Crippen molar-refractivity contribution in [3.05, 3.63) is 0 Å². The van der Waals surface area contributed by atoms with Crippen LogP contribution >= 0.6 is 0 Å². The van der Waals surface area contributed by atoms with Crippen LogP contribution < -0.4 is 5.32 Å². The molecule has 0 rings (SSSR count). The van der Waals surface area contributed by atoms with Gasteiger partial charge < -0.3 is 10.1 Å². The molecule has 1 N–H and O–H groups in total. The molecule has 1 unspecified atom stereocenters. The van der Waals surface area contributed by atoms with E-state index in [0.29, 0.717) is 0 Å². The lowest BCUT2D eigenvalue weighted by molar-refractivity contribution is 0.138. The molecule has 0 saturated carbocycles. The molecule has 0 aromatic rings. The first-order valence-corrected chi connectivity index (χ1v) is 6.13. The van der Waals surface area contributed by atoms with Crippen LogP contribution in [0.5, 0.6) is 0 Å². The Hall–Kier alpha value is -0.0800. The summed E-state index contributed by atoms with van der Waals surface area (Å²) < 4.78 is 5.35. The van der Waals surface area contributed by atoms with E-state index < -0.39 is 0 Å². The van der Waals surface area contributed by atoms with Gasteiger partial charge in [-0.05, 0) is 45.2 Å². The van der Waals surface area contributed by atoms with Crippen LogP contribution in [0.2, 0.25) is 0 Å².